The van der Waals surface area contributed by atoms with Crippen molar-refractivity contribution >= 4 is 0 Å². The Labute approximate surface area is 98.8 Å². The average Bonchev–Trinajstić information content (AvgIpc) is 2.73. The monoisotopic (exact) mass is 259 g/mol. The van der Waals surface area contributed by atoms with Crippen molar-refractivity contribution < 1.29 is 17.9 Å². The third-order valence-corrected chi connectivity index (χ3v) is 2.04. The number of ether oxygens (including phenoxy) is 1. The van der Waals surface area contributed by atoms with Gasteiger partial charge in [0.2, 0.25) is 0 Å². The van der Waals surface area contributed by atoms with Crippen molar-refractivity contribution in [2.45, 2.75) is 6.18 Å². The third-order valence-electron chi connectivity index (χ3n) is 2.04. The first-order chi connectivity index (χ1) is 8.46. The van der Waals surface area contributed by atoms with Crippen molar-refractivity contribution in [2.24, 2.45) is 0 Å². The van der Waals surface area contributed by atoms with Crippen LogP contribution in [0, 0.1) is 0 Å². The predicted octanol–water partition coefficient (Wildman–Crippen LogP) is 1.50. The molecule has 0 saturated carbocycles. The quantitative estimate of drug-likeness (QED) is 0.908. The molecule has 0 spiro atoms. The van der Waals surface area contributed by atoms with Crippen molar-refractivity contribution in [2.75, 3.05) is 6.61 Å². The lowest BCUT2D eigenvalue weighted by molar-refractivity contribution is -0.153. The maximum atomic E-state index is 11.9. The van der Waals surface area contributed by atoms with Gasteiger partial charge in [-0.15, -0.1) is 0 Å². The number of aromatic nitrogens is 3. The Kier molecular flexibility index (Phi) is 3.09. The van der Waals surface area contributed by atoms with E-state index in [1.807, 2.05) is 0 Å². The number of nitrogens with one attached hydrogen (secondary N) is 1. The number of halogens is 3. The highest BCUT2D eigenvalue weighted by Crippen LogP contribution is 2.19. The lowest BCUT2D eigenvalue weighted by atomic mass is 10.3. The second-order valence-electron chi connectivity index (χ2n) is 3.40. The molecule has 1 aromatic heterocycles. The zero-order chi connectivity index (χ0) is 13.2. The molecular formula is C10H8F3N3O2. The van der Waals surface area contributed by atoms with Gasteiger partial charge < -0.3 is 4.74 Å². The van der Waals surface area contributed by atoms with E-state index >= 15 is 0 Å². The summed E-state index contributed by atoms with van der Waals surface area (Å²) in [6.07, 6.45) is -3.16. The standard InChI is InChI=1S/C10H8F3N3O2/c11-10(12,13)5-18-8-3-1-7(2-4-8)16-9(17)14-6-15-16/h1-4,6H,5H2,(H,14,15,17). The van der Waals surface area contributed by atoms with E-state index in [1.165, 1.54) is 30.6 Å². The summed E-state index contributed by atoms with van der Waals surface area (Å²) in [5.74, 6) is 0.0691. The molecule has 0 atom stereocenters. The molecule has 18 heavy (non-hydrogen) atoms. The van der Waals surface area contributed by atoms with Crippen molar-refractivity contribution in [3.63, 3.8) is 0 Å². The first-order valence-corrected chi connectivity index (χ1v) is 4.88. The lowest BCUT2D eigenvalue weighted by Crippen LogP contribution is -2.19. The van der Waals surface area contributed by atoms with Gasteiger partial charge in [0.15, 0.2) is 6.61 Å². The van der Waals surface area contributed by atoms with Crippen LogP contribution in [0.15, 0.2) is 35.4 Å². The van der Waals surface area contributed by atoms with Gasteiger partial charge in [0.25, 0.3) is 0 Å². The molecule has 0 fully saturated rings. The molecule has 96 valence electrons. The van der Waals surface area contributed by atoms with Crippen LogP contribution in [-0.2, 0) is 0 Å². The summed E-state index contributed by atoms with van der Waals surface area (Å²) in [4.78, 5) is 13.6. The number of aromatic amines is 1. The Morgan fingerprint density at radius 2 is 1.94 bits per heavy atom. The van der Waals surface area contributed by atoms with Gasteiger partial charge in [0.1, 0.15) is 12.1 Å². The molecule has 0 radical (unpaired) electrons. The Balaban J connectivity index is 2.11. The molecule has 2 aromatic rings. The minimum Gasteiger partial charge on any atom is -0.484 e. The molecule has 0 aliphatic rings. The highest BCUT2D eigenvalue weighted by molar-refractivity contribution is 5.36. The van der Waals surface area contributed by atoms with Crippen LogP contribution in [-0.4, -0.2) is 27.5 Å². The maximum absolute atomic E-state index is 11.9. The maximum Gasteiger partial charge on any atom is 0.422 e. The van der Waals surface area contributed by atoms with E-state index in [1.54, 1.807) is 0 Å². The lowest BCUT2D eigenvalue weighted by Gasteiger charge is -2.09. The SMILES string of the molecule is O=c1[nH]cnn1-c1ccc(OCC(F)(F)F)cc1. The second kappa shape index (κ2) is 4.55. The topological polar surface area (TPSA) is 59.9 Å². The van der Waals surface area contributed by atoms with E-state index in [9.17, 15) is 18.0 Å². The van der Waals surface area contributed by atoms with Gasteiger partial charge in [-0.25, -0.2) is 4.79 Å². The van der Waals surface area contributed by atoms with Crippen LogP contribution >= 0.6 is 0 Å². The fraction of sp³-hybridized carbons (Fsp3) is 0.200. The Bertz CT molecular complexity index is 571. The van der Waals surface area contributed by atoms with Gasteiger partial charge in [0.05, 0.1) is 5.69 Å². The molecule has 1 N–H and O–H groups in total. The fourth-order valence-electron chi connectivity index (χ4n) is 1.29. The van der Waals surface area contributed by atoms with E-state index in [0.29, 0.717) is 5.69 Å². The number of alkyl halides is 3. The fourth-order valence-corrected chi connectivity index (χ4v) is 1.29. The molecule has 1 aromatic carbocycles. The number of hydrogen-bond acceptors (Lipinski definition) is 3. The minimum atomic E-state index is -4.38. The van der Waals surface area contributed by atoms with Gasteiger partial charge in [0, 0.05) is 0 Å². The van der Waals surface area contributed by atoms with E-state index in [4.69, 9.17) is 0 Å². The largest absolute Gasteiger partial charge is 0.484 e. The number of rotatable bonds is 3. The molecule has 0 aliphatic heterocycles. The van der Waals surface area contributed by atoms with E-state index in [2.05, 4.69) is 14.8 Å². The minimum absolute atomic E-state index is 0.0691. The Morgan fingerprint density at radius 1 is 1.28 bits per heavy atom. The molecule has 1 heterocycles. The van der Waals surface area contributed by atoms with E-state index in [-0.39, 0.29) is 5.75 Å². The average molecular weight is 259 g/mol. The molecular weight excluding hydrogens is 251 g/mol. The van der Waals surface area contributed by atoms with E-state index in [0.717, 1.165) is 4.68 Å². The van der Waals surface area contributed by atoms with Crippen LogP contribution in [0.1, 0.15) is 0 Å². The number of H-pyrrole nitrogens is 1. The van der Waals surface area contributed by atoms with Crippen molar-refractivity contribution in [3.8, 4) is 11.4 Å². The summed E-state index contributed by atoms with van der Waals surface area (Å²) in [6, 6.07) is 5.55. The number of nitrogens with zero attached hydrogens (tertiary/aromatic N) is 2. The molecule has 0 amide bonds. The van der Waals surface area contributed by atoms with Crippen molar-refractivity contribution in [1.29, 1.82) is 0 Å². The zero-order valence-corrected chi connectivity index (χ0v) is 8.94. The summed E-state index contributed by atoms with van der Waals surface area (Å²) >= 11 is 0. The molecule has 0 unspecified atom stereocenters. The number of benzene rings is 1. The zero-order valence-electron chi connectivity index (χ0n) is 8.94. The molecule has 0 bridgehead atoms. The van der Waals surface area contributed by atoms with E-state index < -0.39 is 18.5 Å². The molecule has 5 nitrogen and oxygen atoms in total. The summed E-state index contributed by atoms with van der Waals surface area (Å²) in [7, 11) is 0. The van der Waals surface area contributed by atoms with Crippen molar-refractivity contribution in [3.05, 3.63) is 41.1 Å². The molecule has 0 aliphatic carbocycles. The van der Waals surface area contributed by atoms with Gasteiger partial charge >= 0.3 is 11.9 Å². The van der Waals surface area contributed by atoms with Crippen LogP contribution in [0.2, 0.25) is 0 Å². The van der Waals surface area contributed by atoms with Gasteiger partial charge in [-0.3, -0.25) is 4.98 Å². The molecule has 2 rings (SSSR count). The highest BCUT2D eigenvalue weighted by atomic mass is 19.4. The summed E-state index contributed by atoms with van der Waals surface area (Å²) in [5, 5.41) is 3.73. The predicted molar refractivity (Wildman–Crippen MR) is 55.7 cm³/mol. The smallest absolute Gasteiger partial charge is 0.422 e. The number of hydrogen-bond donors (Lipinski definition) is 1. The van der Waals surface area contributed by atoms with Gasteiger partial charge in [-0.2, -0.15) is 23.0 Å². The van der Waals surface area contributed by atoms with Crippen LogP contribution < -0.4 is 10.4 Å². The molecule has 0 saturated heterocycles. The van der Waals surface area contributed by atoms with Gasteiger partial charge in [-0.1, -0.05) is 0 Å². The van der Waals surface area contributed by atoms with Crippen LogP contribution in [0.3, 0.4) is 0 Å². The second-order valence-corrected chi connectivity index (χ2v) is 3.40. The third kappa shape index (κ3) is 2.90. The van der Waals surface area contributed by atoms with Crippen LogP contribution in [0.4, 0.5) is 13.2 Å². The Hall–Kier alpha value is -2.25. The summed E-state index contributed by atoms with van der Waals surface area (Å²) < 4.78 is 41.3. The first-order valence-electron chi connectivity index (χ1n) is 4.88. The van der Waals surface area contributed by atoms with Crippen LogP contribution in [0.25, 0.3) is 5.69 Å². The Morgan fingerprint density at radius 3 is 2.44 bits per heavy atom. The van der Waals surface area contributed by atoms with Crippen LogP contribution in [0.5, 0.6) is 5.75 Å². The first kappa shape index (κ1) is 12.2. The van der Waals surface area contributed by atoms with Crippen molar-refractivity contribution in [1.82, 2.24) is 14.8 Å². The molecule has 8 heteroatoms. The normalized spacial score (nSPS) is 11.5. The van der Waals surface area contributed by atoms with Gasteiger partial charge in [-0.05, 0) is 24.3 Å². The highest BCUT2D eigenvalue weighted by Gasteiger charge is 2.28. The summed E-state index contributed by atoms with van der Waals surface area (Å²) in [5.41, 5.74) is -0.000399. The summed E-state index contributed by atoms with van der Waals surface area (Å²) in [6.45, 7) is -1.35.